The summed E-state index contributed by atoms with van der Waals surface area (Å²) in [5, 5.41) is 2.21. The summed E-state index contributed by atoms with van der Waals surface area (Å²) in [6, 6.07) is 9.07. The number of nitrogens with zero attached hydrogens (tertiary/aromatic N) is 1. The topological polar surface area (TPSA) is 77.1 Å². The van der Waals surface area contributed by atoms with Crippen molar-refractivity contribution < 1.29 is 37.0 Å². The molecule has 39 heavy (non-hydrogen) atoms. The van der Waals surface area contributed by atoms with Gasteiger partial charge < -0.3 is 24.4 Å². The van der Waals surface area contributed by atoms with Crippen molar-refractivity contribution in [2.24, 2.45) is 0 Å². The van der Waals surface area contributed by atoms with Gasteiger partial charge in [0.15, 0.2) is 0 Å². The Morgan fingerprint density at radius 1 is 1.08 bits per heavy atom. The van der Waals surface area contributed by atoms with Crippen molar-refractivity contribution in [3.63, 3.8) is 0 Å². The van der Waals surface area contributed by atoms with Gasteiger partial charge in [-0.25, -0.2) is 4.79 Å². The minimum absolute atomic E-state index is 0.0363. The van der Waals surface area contributed by atoms with Gasteiger partial charge in [0.05, 0.1) is 37.0 Å². The Bertz CT molecular complexity index is 958. The monoisotopic (exact) mass is 554 g/mol. The third-order valence-electron chi connectivity index (χ3n) is 7.23. The second-order valence-electron chi connectivity index (χ2n) is 11.4. The van der Waals surface area contributed by atoms with Crippen LogP contribution in [0.25, 0.3) is 0 Å². The Hall–Kier alpha value is -2.59. The van der Waals surface area contributed by atoms with Gasteiger partial charge in [0.25, 0.3) is 0 Å². The summed E-state index contributed by atoms with van der Waals surface area (Å²) in [7, 11) is 0. The van der Waals surface area contributed by atoms with Gasteiger partial charge >= 0.3 is 18.2 Å². The van der Waals surface area contributed by atoms with Crippen molar-refractivity contribution in [1.82, 2.24) is 10.2 Å². The number of carbonyl (C=O) groups is 2. The molecule has 0 spiro atoms. The maximum atomic E-state index is 13.3. The number of halogens is 3. The third-order valence-corrected chi connectivity index (χ3v) is 7.23. The largest absolute Gasteiger partial charge is 0.471 e. The van der Waals surface area contributed by atoms with Gasteiger partial charge in [-0.1, -0.05) is 36.4 Å². The average Bonchev–Trinajstić information content (AvgIpc) is 2.86. The number of amides is 2. The summed E-state index contributed by atoms with van der Waals surface area (Å²) < 4.78 is 57.8. The second kappa shape index (κ2) is 13.2. The summed E-state index contributed by atoms with van der Waals surface area (Å²) >= 11 is 0. The number of carbonyl (C=O) groups excluding carboxylic acids is 2. The summed E-state index contributed by atoms with van der Waals surface area (Å²) in [5.41, 5.74) is -1.08. The van der Waals surface area contributed by atoms with Gasteiger partial charge in [0.1, 0.15) is 5.60 Å². The first-order valence-corrected chi connectivity index (χ1v) is 13.6. The number of piperidine rings is 1. The predicted molar refractivity (Wildman–Crippen MR) is 141 cm³/mol. The summed E-state index contributed by atoms with van der Waals surface area (Å²) in [6.45, 7) is 9.66. The first-order valence-electron chi connectivity index (χ1n) is 13.6. The SMILES string of the molecule is C=CC[C@]1(NC(=O)C(F)(F)F)CCCN(C(=O)OC(C)(C)C)[C@H]1COC1CCC(OCc2ccccc2)CC1. The zero-order chi connectivity index (χ0) is 28.7. The van der Waals surface area contributed by atoms with Crippen molar-refractivity contribution in [1.29, 1.82) is 0 Å². The molecule has 1 heterocycles. The average molecular weight is 555 g/mol. The van der Waals surface area contributed by atoms with Gasteiger partial charge in [-0.15, -0.1) is 6.58 Å². The zero-order valence-corrected chi connectivity index (χ0v) is 23.1. The molecule has 0 unspecified atom stereocenters. The van der Waals surface area contributed by atoms with Crippen LogP contribution < -0.4 is 5.32 Å². The predicted octanol–water partition coefficient (Wildman–Crippen LogP) is 5.92. The molecule has 3 rings (SSSR count). The van der Waals surface area contributed by atoms with Crippen LogP contribution in [-0.4, -0.2) is 65.6 Å². The number of benzene rings is 1. The van der Waals surface area contributed by atoms with Crippen LogP contribution in [0.15, 0.2) is 43.0 Å². The highest BCUT2D eigenvalue weighted by atomic mass is 19.4. The molecule has 0 bridgehead atoms. The minimum atomic E-state index is -5.06. The highest BCUT2D eigenvalue weighted by Crippen LogP contribution is 2.35. The smallest absolute Gasteiger partial charge is 0.444 e. The molecule has 1 saturated carbocycles. The van der Waals surface area contributed by atoms with E-state index in [1.807, 2.05) is 30.3 Å². The molecular weight excluding hydrogens is 513 g/mol. The van der Waals surface area contributed by atoms with Crippen molar-refractivity contribution in [2.45, 2.75) is 108 Å². The summed E-state index contributed by atoms with van der Waals surface area (Å²) in [6.07, 6.45) is -0.563. The Morgan fingerprint density at radius 3 is 2.26 bits per heavy atom. The van der Waals surface area contributed by atoms with E-state index in [2.05, 4.69) is 11.9 Å². The van der Waals surface area contributed by atoms with Crippen LogP contribution in [0.5, 0.6) is 0 Å². The van der Waals surface area contributed by atoms with Gasteiger partial charge in [0.2, 0.25) is 0 Å². The molecule has 1 aromatic carbocycles. The van der Waals surface area contributed by atoms with Crippen LogP contribution >= 0.6 is 0 Å². The normalized spacial score (nSPS) is 26.1. The van der Waals surface area contributed by atoms with E-state index in [0.717, 1.165) is 31.2 Å². The first-order chi connectivity index (χ1) is 18.3. The fraction of sp³-hybridized carbons (Fsp3) is 0.655. The second-order valence-corrected chi connectivity index (χ2v) is 11.4. The van der Waals surface area contributed by atoms with Crippen LogP contribution in [0.3, 0.4) is 0 Å². The van der Waals surface area contributed by atoms with Crippen LogP contribution in [0.4, 0.5) is 18.0 Å². The highest BCUT2D eigenvalue weighted by molar-refractivity contribution is 5.82. The quantitative estimate of drug-likeness (QED) is 0.383. The van der Waals surface area contributed by atoms with E-state index in [1.165, 1.54) is 11.0 Å². The van der Waals surface area contributed by atoms with Gasteiger partial charge in [-0.2, -0.15) is 13.2 Å². The fourth-order valence-electron chi connectivity index (χ4n) is 5.34. The third kappa shape index (κ3) is 8.96. The summed E-state index contributed by atoms with van der Waals surface area (Å²) in [4.78, 5) is 26.7. The van der Waals surface area contributed by atoms with Gasteiger partial charge in [-0.3, -0.25) is 4.79 Å². The van der Waals surface area contributed by atoms with Gasteiger partial charge in [-0.05, 0) is 71.3 Å². The number of likely N-dealkylation sites (tertiary alicyclic amines) is 1. The lowest BCUT2D eigenvalue weighted by Gasteiger charge is -2.50. The Labute approximate surface area is 229 Å². The van der Waals surface area contributed by atoms with E-state index in [-0.39, 0.29) is 38.2 Å². The maximum Gasteiger partial charge on any atom is 0.471 e. The molecular formula is C29H41F3N2O5. The Kier molecular flexibility index (Phi) is 10.5. The minimum Gasteiger partial charge on any atom is -0.444 e. The number of nitrogens with one attached hydrogen (secondary N) is 1. The maximum absolute atomic E-state index is 13.3. The number of hydrogen-bond donors (Lipinski definition) is 1. The molecule has 1 saturated heterocycles. The molecule has 1 N–H and O–H groups in total. The standard InChI is InChI=1S/C29H41F3N2O5/c1-5-16-28(33-25(35)29(30,31)32)17-9-18-34(26(36)39-27(2,3)4)24(28)20-38-23-14-12-22(13-15-23)37-19-21-10-7-6-8-11-21/h5-8,10-11,22-24H,1,9,12-20H2,2-4H3,(H,33,35)/t22?,23?,24-,28-/m0/s1. The van der Waals surface area contributed by atoms with Crippen LogP contribution in [0.2, 0.25) is 0 Å². The first kappa shape index (κ1) is 30.9. The molecule has 2 fully saturated rings. The molecule has 0 radical (unpaired) electrons. The van der Waals surface area contributed by atoms with E-state index in [1.54, 1.807) is 20.8 Å². The molecule has 2 aliphatic rings. The molecule has 7 nitrogen and oxygen atoms in total. The molecule has 2 amide bonds. The highest BCUT2D eigenvalue weighted by Gasteiger charge is 2.51. The summed E-state index contributed by atoms with van der Waals surface area (Å²) in [5.74, 6) is -2.04. The van der Waals surface area contributed by atoms with E-state index >= 15 is 0 Å². The van der Waals surface area contributed by atoms with Crippen LogP contribution in [-0.2, 0) is 25.6 Å². The van der Waals surface area contributed by atoms with Gasteiger partial charge in [0, 0.05) is 6.54 Å². The van der Waals surface area contributed by atoms with Crippen molar-refractivity contribution >= 4 is 12.0 Å². The lowest BCUT2D eigenvalue weighted by Crippen LogP contribution is -2.69. The molecule has 1 aliphatic carbocycles. The molecule has 1 aliphatic heterocycles. The molecule has 2 atom stereocenters. The molecule has 218 valence electrons. The van der Waals surface area contributed by atoms with E-state index in [4.69, 9.17) is 14.2 Å². The molecule has 0 aromatic heterocycles. The van der Waals surface area contributed by atoms with Crippen LogP contribution in [0, 0.1) is 0 Å². The number of hydrogen-bond acceptors (Lipinski definition) is 5. The number of alkyl halides is 3. The molecule has 1 aromatic rings. The van der Waals surface area contributed by atoms with Crippen LogP contribution in [0.1, 0.15) is 71.3 Å². The van der Waals surface area contributed by atoms with Crippen molar-refractivity contribution in [2.75, 3.05) is 13.2 Å². The lowest BCUT2D eigenvalue weighted by atomic mass is 9.78. The van der Waals surface area contributed by atoms with Crippen molar-refractivity contribution in [3.8, 4) is 0 Å². The number of rotatable bonds is 9. The lowest BCUT2D eigenvalue weighted by molar-refractivity contribution is -0.178. The number of ether oxygens (including phenoxy) is 3. The zero-order valence-electron chi connectivity index (χ0n) is 23.1. The van der Waals surface area contributed by atoms with E-state index < -0.39 is 35.4 Å². The van der Waals surface area contributed by atoms with E-state index in [9.17, 15) is 22.8 Å². The van der Waals surface area contributed by atoms with Crippen molar-refractivity contribution in [3.05, 3.63) is 48.6 Å². The molecule has 10 heteroatoms. The fourth-order valence-corrected chi connectivity index (χ4v) is 5.34. The Morgan fingerprint density at radius 2 is 1.69 bits per heavy atom. The van der Waals surface area contributed by atoms with E-state index in [0.29, 0.717) is 13.0 Å². The Balaban J connectivity index is 1.70.